The summed E-state index contributed by atoms with van der Waals surface area (Å²) in [4.78, 5) is 2.90. The first-order valence-electron chi connectivity index (χ1n) is 7.26. The van der Waals surface area contributed by atoms with Gasteiger partial charge in [0.25, 0.3) is 0 Å². The number of thiophene rings is 1. The maximum absolute atomic E-state index is 9.19. The molecule has 0 saturated carbocycles. The Balaban J connectivity index is 2.32. The highest BCUT2D eigenvalue weighted by atomic mass is 32.1. The highest BCUT2D eigenvalue weighted by Gasteiger charge is 2.24. The van der Waals surface area contributed by atoms with E-state index in [4.69, 9.17) is 10.5 Å². The lowest BCUT2D eigenvalue weighted by molar-refractivity contribution is 0.245. The number of nitrogens with zero attached hydrogens (tertiary/aromatic N) is 2. The number of ether oxygens (including phenoxy) is 1. The second kappa shape index (κ2) is 6.36. The molecule has 1 aromatic rings. The molecule has 2 heterocycles. The summed E-state index contributed by atoms with van der Waals surface area (Å²) in [6.07, 6.45) is 3.69. The van der Waals surface area contributed by atoms with Gasteiger partial charge in [-0.15, -0.1) is 11.3 Å². The molecule has 20 heavy (non-hydrogen) atoms. The van der Waals surface area contributed by atoms with E-state index in [2.05, 4.69) is 17.9 Å². The van der Waals surface area contributed by atoms with Crippen molar-refractivity contribution in [3.05, 3.63) is 4.88 Å². The minimum atomic E-state index is 0.0584. The largest absolute Gasteiger partial charge is 0.486 e. The van der Waals surface area contributed by atoms with Crippen LogP contribution in [-0.4, -0.2) is 19.2 Å². The molecule has 0 spiro atoms. The quantitative estimate of drug-likeness (QED) is 0.924. The van der Waals surface area contributed by atoms with Crippen molar-refractivity contribution in [2.45, 2.75) is 46.1 Å². The van der Waals surface area contributed by atoms with Crippen LogP contribution in [0.3, 0.4) is 0 Å². The van der Waals surface area contributed by atoms with E-state index in [1.807, 2.05) is 13.8 Å². The summed E-state index contributed by atoms with van der Waals surface area (Å²) in [5.41, 5.74) is 6.57. The fourth-order valence-corrected chi connectivity index (χ4v) is 3.53. The van der Waals surface area contributed by atoms with E-state index in [1.165, 1.54) is 30.6 Å². The molecule has 1 unspecified atom stereocenters. The number of anilines is 2. The Bertz CT molecular complexity index is 504. The number of nitrogen functional groups attached to an aromatic ring is 1. The SMILES string of the molecule is CC1CCCN(c2sc(C#N)c(N)c2OC(C)C)CC1. The molecule has 0 aliphatic carbocycles. The molecule has 0 bridgehead atoms. The first-order chi connectivity index (χ1) is 9.52. The predicted molar refractivity (Wildman–Crippen MR) is 84.4 cm³/mol. The summed E-state index contributed by atoms with van der Waals surface area (Å²) < 4.78 is 5.87. The van der Waals surface area contributed by atoms with Crippen molar-refractivity contribution in [1.29, 1.82) is 5.26 Å². The molecule has 110 valence electrons. The zero-order chi connectivity index (χ0) is 14.7. The Morgan fingerprint density at radius 3 is 2.80 bits per heavy atom. The van der Waals surface area contributed by atoms with Gasteiger partial charge >= 0.3 is 0 Å². The molecule has 1 aromatic heterocycles. The smallest absolute Gasteiger partial charge is 0.178 e. The highest BCUT2D eigenvalue weighted by molar-refractivity contribution is 7.17. The van der Waals surface area contributed by atoms with Crippen LogP contribution in [0.5, 0.6) is 5.75 Å². The topological polar surface area (TPSA) is 62.3 Å². The van der Waals surface area contributed by atoms with Crippen LogP contribution in [0.1, 0.15) is 44.9 Å². The molecule has 2 N–H and O–H groups in total. The molecule has 0 amide bonds. The molecule has 1 fully saturated rings. The molecule has 4 nitrogen and oxygen atoms in total. The van der Waals surface area contributed by atoms with Crippen molar-refractivity contribution in [2.75, 3.05) is 23.7 Å². The van der Waals surface area contributed by atoms with Gasteiger partial charge in [0, 0.05) is 13.1 Å². The van der Waals surface area contributed by atoms with Crippen LogP contribution >= 0.6 is 11.3 Å². The number of nitrogens with two attached hydrogens (primary N) is 1. The van der Waals surface area contributed by atoms with Gasteiger partial charge < -0.3 is 15.4 Å². The Morgan fingerprint density at radius 2 is 2.15 bits per heavy atom. The minimum absolute atomic E-state index is 0.0584. The Kier molecular flexibility index (Phi) is 4.77. The van der Waals surface area contributed by atoms with Crippen LogP contribution in [0, 0.1) is 17.2 Å². The van der Waals surface area contributed by atoms with E-state index < -0.39 is 0 Å². The lowest BCUT2D eigenvalue weighted by atomic mass is 10.0. The van der Waals surface area contributed by atoms with Crippen molar-refractivity contribution in [2.24, 2.45) is 5.92 Å². The standard InChI is InChI=1S/C15H23N3OS/c1-10(2)19-14-13(17)12(9-16)20-15(14)18-7-4-5-11(3)6-8-18/h10-11H,4-8,17H2,1-3H3. The summed E-state index contributed by atoms with van der Waals surface area (Å²) >= 11 is 1.46. The maximum Gasteiger partial charge on any atom is 0.178 e. The van der Waals surface area contributed by atoms with E-state index in [0.717, 1.165) is 24.0 Å². The third-order valence-corrected chi connectivity index (χ3v) is 4.79. The molecule has 0 radical (unpaired) electrons. The maximum atomic E-state index is 9.19. The van der Waals surface area contributed by atoms with Crippen molar-refractivity contribution in [1.82, 2.24) is 0 Å². The number of hydrogen-bond donors (Lipinski definition) is 1. The van der Waals surface area contributed by atoms with E-state index in [0.29, 0.717) is 16.3 Å². The van der Waals surface area contributed by atoms with Gasteiger partial charge in [0.05, 0.1) is 6.10 Å². The van der Waals surface area contributed by atoms with E-state index in [-0.39, 0.29) is 6.10 Å². The lowest BCUT2D eigenvalue weighted by Gasteiger charge is -2.23. The Morgan fingerprint density at radius 1 is 1.40 bits per heavy atom. The van der Waals surface area contributed by atoms with E-state index in [1.54, 1.807) is 0 Å². The van der Waals surface area contributed by atoms with Crippen LogP contribution in [0.4, 0.5) is 10.7 Å². The molecule has 1 aliphatic heterocycles. The van der Waals surface area contributed by atoms with Gasteiger partial charge in [-0.1, -0.05) is 6.92 Å². The fraction of sp³-hybridized carbons (Fsp3) is 0.667. The first kappa shape index (κ1) is 15.0. The molecule has 0 aromatic carbocycles. The van der Waals surface area contributed by atoms with Crippen LogP contribution < -0.4 is 15.4 Å². The van der Waals surface area contributed by atoms with Crippen molar-refractivity contribution in [3.63, 3.8) is 0 Å². The van der Waals surface area contributed by atoms with Crippen molar-refractivity contribution < 1.29 is 4.74 Å². The summed E-state index contributed by atoms with van der Waals surface area (Å²) in [5, 5.41) is 10.2. The number of rotatable bonds is 3. The second-order valence-electron chi connectivity index (χ2n) is 5.78. The monoisotopic (exact) mass is 293 g/mol. The molecule has 1 aliphatic rings. The van der Waals surface area contributed by atoms with Gasteiger partial charge in [-0.25, -0.2) is 0 Å². The van der Waals surface area contributed by atoms with Crippen LogP contribution in [0.2, 0.25) is 0 Å². The summed E-state index contributed by atoms with van der Waals surface area (Å²) in [5.74, 6) is 1.47. The Hall–Kier alpha value is -1.41. The number of hydrogen-bond acceptors (Lipinski definition) is 5. The van der Waals surface area contributed by atoms with Crippen molar-refractivity contribution >= 4 is 22.0 Å². The average molecular weight is 293 g/mol. The van der Waals surface area contributed by atoms with Gasteiger partial charge in [-0.3, -0.25) is 0 Å². The molecule has 5 heteroatoms. The van der Waals surface area contributed by atoms with Gasteiger partial charge in [0.2, 0.25) is 0 Å². The molecular formula is C15H23N3OS. The fourth-order valence-electron chi connectivity index (χ4n) is 2.52. The zero-order valence-corrected chi connectivity index (χ0v) is 13.3. The summed E-state index contributed by atoms with van der Waals surface area (Å²) in [6, 6.07) is 2.18. The summed E-state index contributed by atoms with van der Waals surface area (Å²) in [7, 11) is 0. The minimum Gasteiger partial charge on any atom is -0.486 e. The highest BCUT2D eigenvalue weighted by Crippen LogP contribution is 2.45. The van der Waals surface area contributed by atoms with E-state index >= 15 is 0 Å². The molecule has 1 saturated heterocycles. The van der Waals surface area contributed by atoms with Crippen LogP contribution in [-0.2, 0) is 0 Å². The molecular weight excluding hydrogens is 270 g/mol. The lowest BCUT2D eigenvalue weighted by Crippen LogP contribution is -2.24. The summed E-state index contributed by atoms with van der Waals surface area (Å²) in [6.45, 7) is 8.30. The van der Waals surface area contributed by atoms with Crippen LogP contribution in [0.15, 0.2) is 0 Å². The average Bonchev–Trinajstić information content (AvgIpc) is 2.58. The Labute approximate surface area is 125 Å². The zero-order valence-electron chi connectivity index (χ0n) is 12.5. The predicted octanol–water partition coefficient (Wildman–Crippen LogP) is 3.62. The second-order valence-corrected chi connectivity index (χ2v) is 6.78. The van der Waals surface area contributed by atoms with Gasteiger partial charge in [0.1, 0.15) is 21.6 Å². The number of nitriles is 1. The molecule has 1 atom stereocenters. The van der Waals surface area contributed by atoms with Crippen LogP contribution in [0.25, 0.3) is 0 Å². The van der Waals surface area contributed by atoms with E-state index in [9.17, 15) is 5.26 Å². The third kappa shape index (κ3) is 3.18. The normalized spacial score (nSPS) is 19.8. The third-order valence-electron chi connectivity index (χ3n) is 3.64. The van der Waals surface area contributed by atoms with Gasteiger partial charge in [-0.2, -0.15) is 5.26 Å². The van der Waals surface area contributed by atoms with Gasteiger partial charge in [-0.05, 0) is 39.0 Å². The first-order valence-corrected chi connectivity index (χ1v) is 8.08. The van der Waals surface area contributed by atoms with Gasteiger partial charge in [0.15, 0.2) is 5.75 Å². The van der Waals surface area contributed by atoms with Crippen molar-refractivity contribution in [3.8, 4) is 11.8 Å². The molecule has 2 rings (SSSR count).